The number of nitrogens with two attached hydrogens (primary N) is 1. The number of hydrogen-bond donors (Lipinski definition) is 3. The zero-order valence-electron chi connectivity index (χ0n) is 11.6. The Morgan fingerprint density at radius 1 is 1.55 bits per heavy atom. The summed E-state index contributed by atoms with van der Waals surface area (Å²) in [6, 6.07) is 5.78. The first-order valence-electron chi connectivity index (χ1n) is 6.55. The molecular formula is C14H21BrN2O3. The van der Waals surface area contributed by atoms with Gasteiger partial charge in [0.05, 0.1) is 4.47 Å². The van der Waals surface area contributed by atoms with E-state index >= 15 is 0 Å². The van der Waals surface area contributed by atoms with Crippen LogP contribution >= 0.6 is 15.9 Å². The van der Waals surface area contributed by atoms with Gasteiger partial charge in [0.1, 0.15) is 18.5 Å². The number of hydrogen-bond acceptors (Lipinski definition) is 4. The van der Waals surface area contributed by atoms with E-state index in [1.54, 1.807) is 0 Å². The molecule has 1 aromatic carbocycles. The Morgan fingerprint density at radius 2 is 2.30 bits per heavy atom. The molecule has 1 atom stereocenters. The third-order valence-corrected chi connectivity index (χ3v) is 3.30. The van der Waals surface area contributed by atoms with E-state index in [2.05, 4.69) is 21.2 Å². The summed E-state index contributed by atoms with van der Waals surface area (Å²) in [6.07, 6.45) is 0.430. The SMILES string of the molecule is Cc1ccc(OCC(O)CNCCCC(N)=O)c(Br)c1. The van der Waals surface area contributed by atoms with E-state index in [4.69, 9.17) is 10.5 Å². The maximum absolute atomic E-state index is 10.5. The van der Waals surface area contributed by atoms with Crippen molar-refractivity contribution in [1.29, 1.82) is 0 Å². The number of benzene rings is 1. The van der Waals surface area contributed by atoms with E-state index in [1.807, 2.05) is 25.1 Å². The van der Waals surface area contributed by atoms with Crippen molar-refractivity contribution in [2.75, 3.05) is 19.7 Å². The Bertz CT molecular complexity index is 440. The highest BCUT2D eigenvalue weighted by molar-refractivity contribution is 9.10. The highest BCUT2D eigenvalue weighted by Gasteiger charge is 2.07. The lowest BCUT2D eigenvalue weighted by atomic mass is 10.2. The molecule has 112 valence electrons. The van der Waals surface area contributed by atoms with Crippen LogP contribution in [0.4, 0.5) is 0 Å². The average molecular weight is 345 g/mol. The fraction of sp³-hybridized carbons (Fsp3) is 0.500. The largest absolute Gasteiger partial charge is 0.490 e. The minimum atomic E-state index is -0.600. The van der Waals surface area contributed by atoms with Crippen molar-refractivity contribution in [2.45, 2.75) is 25.9 Å². The number of nitrogens with one attached hydrogen (secondary N) is 1. The fourth-order valence-electron chi connectivity index (χ4n) is 1.62. The van der Waals surface area contributed by atoms with Gasteiger partial charge in [0, 0.05) is 13.0 Å². The highest BCUT2D eigenvalue weighted by atomic mass is 79.9. The van der Waals surface area contributed by atoms with Crippen LogP contribution in [0.2, 0.25) is 0 Å². The summed E-state index contributed by atoms with van der Waals surface area (Å²) in [6.45, 7) is 3.28. The lowest BCUT2D eigenvalue weighted by Gasteiger charge is -2.14. The smallest absolute Gasteiger partial charge is 0.217 e. The second-order valence-corrected chi connectivity index (χ2v) is 5.53. The Labute approximate surface area is 127 Å². The lowest BCUT2D eigenvalue weighted by molar-refractivity contribution is -0.118. The molecule has 0 fully saturated rings. The summed E-state index contributed by atoms with van der Waals surface area (Å²) in [5.74, 6) is 0.406. The highest BCUT2D eigenvalue weighted by Crippen LogP contribution is 2.25. The van der Waals surface area contributed by atoms with Crippen molar-refractivity contribution in [3.8, 4) is 5.75 Å². The summed E-state index contributed by atoms with van der Waals surface area (Å²) in [5.41, 5.74) is 6.17. The monoisotopic (exact) mass is 344 g/mol. The molecule has 0 aromatic heterocycles. The molecule has 0 radical (unpaired) electrons. The van der Waals surface area contributed by atoms with Crippen LogP contribution < -0.4 is 15.8 Å². The van der Waals surface area contributed by atoms with E-state index in [-0.39, 0.29) is 12.5 Å². The molecule has 0 aliphatic rings. The molecule has 1 rings (SSSR count). The average Bonchev–Trinajstić information content (AvgIpc) is 2.37. The molecule has 6 heteroatoms. The van der Waals surface area contributed by atoms with Gasteiger partial charge >= 0.3 is 0 Å². The first-order chi connectivity index (χ1) is 9.49. The molecule has 0 aliphatic heterocycles. The summed E-state index contributed by atoms with van der Waals surface area (Å²) in [5, 5.41) is 12.8. The van der Waals surface area contributed by atoms with E-state index < -0.39 is 6.10 Å². The minimum Gasteiger partial charge on any atom is -0.490 e. The van der Waals surface area contributed by atoms with Gasteiger partial charge in [-0.1, -0.05) is 6.07 Å². The number of aliphatic hydroxyl groups excluding tert-OH is 1. The van der Waals surface area contributed by atoms with Gasteiger partial charge in [0.15, 0.2) is 0 Å². The molecule has 1 amide bonds. The van der Waals surface area contributed by atoms with E-state index in [1.165, 1.54) is 0 Å². The molecule has 5 nitrogen and oxygen atoms in total. The van der Waals surface area contributed by atoms with E-state index in [0.29, 0.717) is 31.7 Å². The van der Waals surface area contributed by atoms with Crippen LogP contribution in [0.5, 0.6) is 5.75 Å². The van der Waals surface area contributed by atoms with E-state index in [0.717, 1.165) is 10.0 Å². The third kappa shape index (κ3) is 6.88. The predicted molar refractivity (Wildman–Crippen MR) is 81.7 cm³/mol. The van der Waals surface area contributed by atoms with Crippen molar-refractivity contribution in [3.63, 3.8) is 0 Å². The maximum atomic E-state index is 10.5. The van der Waals surface area contributed by atoms with Gasteiger partial charge in [-0.3, -0.25) is 4.79 Å². The van der Waals surface area contributed by atoms with Gasteiger partial charge in [-0.2, -0.15) is 0 Å². The number of amides is 1. The van der Waals surface area contributed by atoms with Crippen molar-refractivity contribution in [1.82, 2.24) is 5.32 Å². The molecule has 0 saturated carbocycles. The van der Waals surface area contributed by atoms with Crippen molar-refractivity contribution < 1.29 is 14.6 Å². The van der Waals surface area contributed by atoms with Crippen LogP contribution in [0.15, 0.2) is 22.7 Å². The van der Waals surface area contributed by atoms with Gasteiger partial charge in [-0.15, -0.1) is 0 Å². The van der Waals surface area contributed by atoms with Crippen molar-refractivity contribution in [3.05, 3.63) is 28.2 Å². The van der Waals surface area contributed by atoms with Gasteiger partial charge in [0.25, 0.3) is 0 Å². The molecule has 1 unspecified atom stereocenters. The number of aryl methyl sites for hydroxylation is 1. The van der Waals surface area contributed by atoms with Gasteiger partial charge in [0.2, 0.25) is 5.91 Å². The van der Waals surface area contributed by atoms with Gasteiger partial charge in [-0.25, -0.2) is 0 Å². The predicted octanol–water partition coefficient (Wildman–Crippen LogP) is 1.35. The minimum absolute atomic E-state index is 0.213. The third-order valence-electron chi connectivity index (χ3n) is 2.68. The number of primary amides is 1. The van der Waals surface area contributed by atoms with Crippen LogP contribution in [0.25, 0.3) is 0 Å². The van der Waals surface area contributed by atoms with Crippen LogP contribution in [0.3, 0.4) is 0 Å². The lowest BCUT2D eigenvalue weighted by Crippen LogP contribution is -2.32. The fourth-order valence-corrected chi connectivity index (χ4v) is 2.23. The number of ether oxygens (including phenoxy) is 1. The zero-order chi connectivity index (χ0) is 15.0. The summed E-state index contributed by atoms with van der Waals surface area (Å²) >= 11 is 3.42. The molecule has 0 spiro atoms. The topological polar surface area (TPSA) is 84.6 Å². The molecule has 1 aromatic rings. The van der Waals surface area contributed by atoms with Crippen LogP contribution in [-0.4, -0.2) is 36.8 Å². The first-order valence-corrected chi connectivity index (χ1v) is 7.34. The Hall–Kier alpha value is -1.11. The molecule has 0 heterocycles. The normalized spacial score (nSPS) is 12.2. The second kappa shape index (κ2) is 8.94. The summed E-state index contributed by atoms with van der Waals surface area (Å²) < 4.78 is 6.41. The summed E-state index contributed by atoms with van der Waals surface area (Å²) in [7, 11) is 0. The Balaban J connectivity index is 2.19. The number of carbonyl (C=O) groups is 1. The van der Waals surface area contributed by atoms with Gasteiger partial charge < -0.3 is 20.9 Å². The van der Waals surface area contributed by atoms with Crippen LogP contribution in [0.1, 0.15) is 18.4 Å². The maximum Gasteiger partial charge on any atom is 0.217 e. The van der Waals surface area contributed by atoms with Gasteiger partial charge in [-0.05, 0) is 53.5 Å². The van der Waals surface area contributed by atoms with Crippen molar-refractivity contribution in [2.24, 2.45) is 5.73 Å². The number of halogens is 1. The zero-order valence-corrected chi connectivity index (χ0v) is 13.1. The summed E-state index contributed by atoms with van der Waals surface area (Å²) in [4.78, 5) is 10.5. The van der Waals surface area contributed by atoms with E-state index in [9.17, 15) is 9.90 Å². The van der Waals surface area contributed by atoms with Crippen molar-refractivity contribution >= 4 is 21.8 Å². The number of carbonyl (C=O) groups excluding carboxylic acids is 1. The standard InChI is InChI=1S/C14H21BrN2O3/c1-10-4-5-13(12(15)7-10)20-9-11(18)8-17-6-2-3-14(16)19/h4-5,7,11,17-18H,2-3,6,8-9H2,1H3,(H2,16,19). The molecular weight excluding hydrogens is 324 g/mol. The molecule has 0 saturated heterocycles. The quantitative estimate of drug-likeness (QED) is 0.590. The molecule has 4 N–H and O–H groups in total. The first kappa shape index (κ1) is 16.9. The number of rotatable bonds is 9. The molecule has 20 heavy (non-hydrogen) atoms. The Morgan fingerprint density at radius 3 is 2.95 bits per heavy atom. The molecule has 0 bridgehead atoms. The van der Waals surface area contributed by atoms with Crippen LogP contribution in [-0.2, 0) is 4.79 Å². The molecule has 0 aliphatic carbocycles. The number of aliphatic hydroxyl groups is 1. The Kier molecular flexibility index (Phi) is 7.58. The second-order valence-electron chi connectivity index (χ2n) is 4.67. The van der Waals surface area contributed by atoms with Crippen LogP contribution in [0, 0.1) is 6.92 Å².